The highest BCUT2D eigenvalue weighted by Crippen LogP contribution is 2.31. The summed E-state index contributed by atoms with van der Waals surface area (Å²) in [5.74, 6) is 0.0769. The van der Waals surface area contributed by atoms with Crippen LogP contribution in [0.1, 0.15) is 32.3 Å². The zero-order chi connectivity index (χ0) is 12.3. The fourth-order valence-corrected chi connectivity index (χ4v) is 1.76. The van der Waals surface area contributed by atoms with Crippen molar-refractivity contribution >= 4 is 22.0 Å². The Labute approximate surface area is 104 Å². The number of nitrogens with two attached hydrogens (primary N) is 1. The lowest BCUT2D eigenvalue weighted by Crippen LogP contribution is -2.35. The molecule has 16 heavy (non-hydrogen) atoms. The topological polar surface area (TPSA) is 52.3 Å². The van der Waals surface area contributed by atoms with Crippen LogP contribution in [0.3, 0.4) is 0 Å². The fourth-order valence-electron chi connectivity index (χ4n) is 1.50. The molecule has 0 aliphatic carbocycles. The van der Waals surface area contributed by atoms with Gasteiger partial charge in [-0.3, -0.25) is 0 Å². The van der Waals surface area contributed by atoms with Crippen molar-refractivity contribution in [2.75, 3.05) is 0 Å². The summed E-state index contributed by atoms with van der Waals surface area (Å²) in [6.45, 7) is 5.71. The number of primary amides is 1. The summed E-state index contributed by atoms with van der Waals surface area (Å²) in [5.41, 5.74) is 5.54. The number of halogens is 1. The van der Waals surface area contributed by atoms with Gasteiger partial charge in [0.15, 0.2) is 0 Å². The number of benzene rings is 1. The van der Waals surface area contributed by atoms with Crippen LogP contribution in [0.4, 0.5) is 4.79 Å². The predicted molar refractivity (Wildman–Crippen MR) is 67.3 cm³/mol. The molecule has 4 heteroatoms. The van der Waals surface area contributed by atoms with Crippen LogP contribution in [0.25, 0.3) is 0 Å². The molecular formula is C12H16BrNO2. The van der Waals surface area contributed by atoms with E-state index in [1.165, 1.54) is 0 Å². The van der Waals surface area contributed by atoms with E-state index in [1.807, 2.05) is 45.0 Å². The Balaban J connectivity index is 2.88. The van der Waals surface area contributed by atoms with E-state index >= 15 is 0 Å². The van der Waals surface area contributed by atoms with Crippen LogP contribution in [0.5, 0.6) is 0 Å². The van der Waals surface area contributed by atoms with Gasteiger partial charge in [-0.25, -0.2) is 4.79 Å². The maximum Gasteiger partial charge on any atom is 0.405 e. The van der Waals surface area contributed by atoms with Gasteiger partial charge in [0.25, 0.3) is 0 Å². The third kappa shape index (κ3) is 3.23. The Morgan fingerprint density at radius 3 is 2.31 bits per heavy atom. The Hall–Kier alpha value is -1.03. The van der Waals surface area contributed by atoms with E-state index in [-0.39, 0.29) is 5.92 Å². The van der Waals surface area contributed by atoms with Gasteiger partial charge in [0.1, 0.15) is 5.60 Å². The van der Waals surface area contributed by atoms with Crippen molar-refractivity contribution in [3.8, 4) is 0 Å². The zero-order valence-corrected chi connectivity index (χ0v) is 11.2. The maximum atomic E-state index is 10.8. The molecule has 0 bridgehead atoms. The SMILES string of the molecule is CC(c1ccc(Br)cc1)C(C)(C)OC(N)=O. The fraction of sp³-hybridized carbons (Fsp3) is 0.417. The lowest BCUT2D eigenvalue weighted by molar-refractivity contribution is 0.0281. The van der Waals surface area contributed by atoms with E-state index < -0.39 is 11.7 Å². The molecule has 0 saturated carbocycles. The molecule has 0 aliphatic heterocycles. The summed E-state index contributed by atoms with van der Waals surface area (Å²) >= 11 is 3.38. The second-order valence-corrected chi connectivity index (χ2v) is 5.21. The lowest BCUT2D eigenvalue weighted by atomic mass is 9.86. The number of ether oxygens (including phenoxy) is 1. The first-order valence-electron chi connectivity index (χ1n) is 5.07. The van der Waals surface area contributed by atoms with Crippen molar-refractivity contribution in [1.29, 1.82) is 0 Å². The molecule has 0 aliphatic rings. The maximum absolute atomic E-state index is 10.8. The van der Waals surface area contributed by atoms with Gasteiger partial charge in [0, 0.05) is 10.4 Å². The molecule has 0 radical (unpaired) electrons. The van der Waals surface area contributed by atoms with Crippen molar-refractivity contribution in [3.63, 3.8) is 0 Å². The monoisotopic (exact) mass is 285 g/mol. The molecule has 1 atom stereocenters. The van der Waals surface area contributed by atoms with E-state index in [1.54, 1.807) is 0 Å². The van der Waals surface area contributed by atoms with Crippen molar-refractivity contribution in [2.45, 2.75) is 32.3 Å². The Morgan fingerprint density at radius 1 is 1.38 bits per heavy atom. The van der Waals surface area contributed by atoms with Gasteiger partial charge in [-0.05, 0) is 31.5 Å². The summed E-state index contributed by atoms with van der Waals surface area (Å²) in [5, 5.41) is 0. The third-order valence-electron chi connectivity index (χ3n) is 2.78. The first-order valence-corrected chi connectivity index (χ1v) is 5.86. The summed E-state index contributed by atoms with van der Waals surface area (Å²) in [6, 6.07) is 7.93. The molecule has 0 heterocycles. The average Bonchev–Trinajstić information content (AvgIpc) is 2.16. The van der Waals surface area contributed by atoms with Crippen LogP contribution in [-0.4, -0.2) is 11.7 Å². The van der Waals surface area contributed by atoms with Gasteiger partial charge in [-0.1, -0.05) is 35.0 Å². The normalized spacial score (nSPS) is 13.2. The van der Waals surface area contributed by atoms with Crippen molar-refractivity contribution in [2.24, 2.45) is 5.73 Å². The predicted octanol–water partition coefficient (Wildman–Crippen LogP) is 3.43. The van der Waals surface area contributed by atoms with Crippen molar-refractivity contribution in [1.82, 2.24) is 0 Å². The highest BCUT2D eigenvalue weighted by molar-refractivity contribution is 9.10. The Kier molecular flexibility index (Phi) is 3.97. The van der Waals surface area contributed by atoms with Crippen LogP contribution in [0.15, 0.2) is 28.7 Å². The number of carbonyl (C=O) groups excluding carboxylic acids is 1. The molecule has 0 fully saturated rings. The number of carbonyl (C=O) groups is 1. The van der Waals surface area contributed by atoms with Gasteiger partial charge in [0.2, 0.25) is 0 Å². The molecule has 2 N–H and O–H groups in total. The number of amides is 1. The summed E-state index contributed by atoms with van der Waals surface area (Å²) in [4.78, 5) is 10.8. The molecule has 88 valence electrons. The molecule has 1 rings (SSSR count). The molecular weight excluding hydrogens is 270 g/mol. The minimum Gasteiger partial charge on any atom is -0.443 e. The van der Waals surface area contributed by atoms with Crippen LogP contribution in [0.2, 0.25) is 0 Å². The molecule has 3 nitrogen and oxygen atoms in total. The summed E-state index contributed by atoms with van der Waals surface area (Å²) in [7, 11) is 0. The lowest BCUT2D eigenvalue weighted by Gasteiger charge is -2.31. The van der Waals surface area contributed by atoms with Crippen LogP contribution in [-0.2, 0) is 4.74 Å². The van der Waals surface area contributed by atoms with Crippen molar-refractivity contribution in [3.05, 3.63) is 34.3 Å². The minimum absolute atomic E-state index is 0.0769. The highest BCUT2D eigenvalue weighted by atomic mass is 79.9. The molecule has 1 amide bonds. The van der Waals surface area contributed by atoms with Gasteiger partial charge >= 0.3 is 6.09 Å². The van der Waals surface area contributed by atoms with Gasteiger partial charge in [0.05, 0.1) is 0 Å². The van der Waals surface area contributed by atoms with Gasteiger partial charge in [-0.2, -0.15) is 0 Å². The first-order chi connectivity index (χ1) is 7.33. The standard InChI is InChI=1S/C12H16BrNO2/c1-8(12(2,3)16-11(14)15)9-4-6-10(13)7-5-9/h4-8H,1-3H3,(H2,14,15). The molecule has 0 aromatic heterocycles. The zero-order valence-electron chi connectivity index (χ0n) is 9.66. The number of hydrogen-bond donors (Lipinski definition) is 1. The van der Waals surface area contributed by atoms with Gasteiger partial charge < -0.3 is 10.5 Å². The van der Waals surface area contributed by atoms with E-state index in [9.17, 15) is 4.79 Å². The van der Waals surface area contributed by atoms with E-state index in [0.29, 0.717) is 0 Å². The second kappa shape index (κ2) is 4.87. The smallest absolute Gasteiger partial charge is 0.405 e. The average molecular weight is 286 g/mol. The molecule has 0 spiro atoms. The largest absolute Gasteiger partial charge is 0.443 e. The molecule has 0 saturated heterocycles. The number of rotatable bonds is 3. The number of hydrogen-bond acceptors (Lipinski definition) is 2. The van der Waals surface area contributed by atoms with E-state index in [4.69, 9.17) is 10.5 Å². The third-order valence-corrected chi connectivity index (χ3v) is 3.31. The molecule has 1 aromatic carbocycles. The Bertz CT molecular complexity index is 373. The van der Waals surface area contributed by atoms with Crippen LogP contribution >= 0.6 is 15.9 Å². The van der Waals surface area contributed by atoms with E-state index in [0.717, 1.165) is 10.0 Å². The molecule has 1 unspecified atom stereocenters. The molecule has 1 aromatic rings. The van der Waals surface area contributed by atoms with Gasteiger partial charge in [-0.15, -0.1) is 0 Å². The van der Waals surface area contributed by atoms with Crippen LogP contribution in [0, 0.1) is 0 Å². The van der Waals surface area contributed by atoms with E-state index in [2.05, 4.69) is 15.9 Å². The van der Waals surface area contributed by atoms with Crippen molar-refractivity contribution < 1.29 is 9.53 Å². The first kappa shape index (κ1) is 13.0. The van der Waals surface area contributed by atoms with Crippen LogP contribution < -0.4 is 5.73 Å². The quantitative estimate of drug-likeness (QED) is 0.925. The summed E-state index contributed by atoms with van der Waals surface area (Å²) in [6.07, 6.45) is -0.742. The second-order valence-electron chi connectivity index (χ2n) is 4.30. The summed E-state index contributed by atoms with van der Waals surface area (Å²) < 4.78 is 6.14. The highest BCUT2D eigenvalue weighted by Gasteiger charge is 2.30. The Morgan fingerprint density at radius 2 is 1.88 bits per heavy atom. The minimum atomic E-state index is -0.742.